The molecule has 0 bridgehead atoms. The molecule has 23 heavy (non-hydrogen) atoms. The maximum atomic E-state index is 12.0. The van der Waals surface area contributed by atoms with Crippen molar-refractivity contribution in [3.05, 3.63) is 23.8 Å². The summed E-state index contributed by atoms with van der Waals surface area (Å²) in [5.41, 5.74) is 0.845. The van der Waals surface area contributed by atoms with E-state index in [9.17, 15) is 9.59 Å². The number of likely N-dealkylation sites (tertiary alicyclic amines) is 1. The molecule has 0 aromatic heterocycles. The molecular formula is C17H22N2O4. The topological polar surface area (TPSA) is 67.9 Å². The SMILES string of the molecule is O=C(Cc1ccc2c(c1)OCCO2)NCC(=O)N1CCCCC1. The minimum absolute atomic E-state index is 0.000208. The van der Waals surface area contributed by atoms with Crippen LogP contribution in [0.15, 0.2) is 18.2 Å². The highest BCUT2D eigenvalue weighted by Gasteiger charge is 2.17. The van der Waals surface area contributed by atoms with E-state index < -0.39 is 0 Å². The van der Waals surface area contributed by atoms with Crippen molar-refractivity contribution in [3.63, 3.8) is 0 Å². The lowest BCUT2D eigenvalue weighted by Gasteiger charge is -2.26. The van der Waals surface area contributed by atoms with Gasteiger partial charge in [-0.2, -0.15) is 0 Å². The van der Waals surface area contributed by atoms with Gasteiger partial charge in [0.15, 0.2) is 11.5 Å². The number of nitrogens with zero attached hydrogens (tertiary/aromatic N) is 1. The van der Waals surface area contributed by atoms with Crippen LogP contribution in [0.4, 0.5) is 0 Å². The van der Waals surface area contributed by atoms with Crippen LogP contribution in [0, 0.1) is 0 Å². The minimum Gasteiger partial charge on any atom is -0.486 e. The molecule has 2 heterocycles. The molecule has 6 nitrogen and oxygen atoms in total. The van der Waals surface area contributed by atoms with Gasteiger partial charge in [0, 0.05) is 13.1 Å². The molecule has 3 rings (SSSR count). The van der Waals surface area contributed by atoms with E-state index in [0.717, 1.165) is 31.5 Å². The molecule has 0 spiro atoms. The van der Waals surface area contributed by atoms with Crippen LogP contribution in [0.5, 0.6) is 11.5 Å². The van der Waals surface area contributed by atoms with Crippen LogP contribution in [0.1, 0.15) is 24.8 Å². The van der Waals surface area contributed by atoms with Crippen molar-refractivity contribution in [1.29, 1.82) is 0 Å². The first-order valence-electron chi connectivity index (χ1n) is 8.15. The molecule has 0 unspecified atom stereocenters. The van der Waals surface area contributed by atoms with Gasteiger partial charge in [-0.25, -0.2) is 0 Å². The van der Waals surface area contributed by atoms with Crippen LogP contribution in [0.3, 0.4) is 0 Å². The van der Waals surface area contributed by atoms with E-state index in [4.69, 9.17) is 9.47 Å². The van der Waals surface area contributed by atoms with E-state index in [1.54, 1.807) is 0 Å². The van der Waals surface area contributed by atoms with Gasteiger partial charge < -0.3 is 19.7 Å². The van der Waals surface area contributed by atoms with Crippen LogP contribution in [-0.2, 0) is 16.0 Å². The monoisotopic (exact) mass is 318 g/mol. The zero-order valence-electron chi connectivity index (χ0n) is 13.2. The molecule has 2 aliphatic rings. The number of piperidine rings is 1. The van der Waals surface area contributed by atoms with E-state index in [1.165, 1.54) is 6.42 Å². The molecule has 0 radical (unpaired) electrons. The molecule has 1 N–H and O–H groups in total. The highest BCUT2D eigenvalue weighted by molar-refractivity contribution is 5.85. The van der Waals surface area contributed by atoms with Crippen molar-refractivity contribution in [3.8, 4) is 11.5 Å². The lowest BCUT2D eigenvalue weighted by Crippen LogP contribution is -2.42. The summed E-state index contributed by atoms with van der Waals surface area (Å²) in [6.45, 7) is 2.75. The smallest absolute Gasteiger partial charge is 0.241 e. The molecule has 124 valence electrons. The third kappa shape index (κ3) is 4.15. The maximum Gasteiger partial charge on any atom is 0.241 e. The van der Waals surface area contributed by atoms with Crippen LogP contribution < -0.4 is 14.8 Å². The summed E-state index contributed by atoms with van der Waals surface area (Å²) in [4.78, 5) is 25.9. The second-order valence-corrected chi connectivity index (χ2v) is 5.87. The van der Waals surface area contributed by atoms with Gasteiger partial charge in [-0.05, 0) is 37.0 Å². The summed E-state index contributed by atoms with van der Waals surface area (Å²) >= 11 is 0. The third-order valence-corrected chi connectivity index (χ3v) is 4.12. The number of rotatable bonds is 4. The Morgan fingerprint density at radius 3 is 2.57 bits per heavy atom. The lowest BCUT2D eigenvalue weighted by molar-refractivity contribution is -0.133. The standard InChI is InChI=1S/C17H22N2O4/c20-16(18-12-17(21)19-6-2-1-3-7-19)11-13-4-5-14-15(10-13)23-9-8-22-14/h4-5,10H,1-3,6-9,11-12H2,(H,18,20). The first-order chi connectivity index (χ1) is 11.2. The lowest BCUT2D eigenvalue weighted by atomic mass is 10.1. The molecule has 2 amide bonds. The molecule has 2 aliphatic heterocycles. The zero-order valence-corrected chi connectivity index (χ0v) is 13.2. The molecule has 0 aliphatic carbocycles. The van der Waals surface area contributed by atoms with E-state index >= 15 is 0 Å². The molecule has 0 atom stereocenters. The fourth-order valence-corrected chi connectivity index (χ4v) is 2.87. The minimum atomic E-state index is -0.160. The average Bonchev–Trinajstić information content (AvgIpc) is 2.60. The van der Waals surface area contributed by atoms with E-state index in [1.807, 2.05) is 23.1 Å². The van der Waals surface area contributed by atoms with Crippen LogP contribution in [-0.4, -0.2) is 49.6 Å². The maximum absolute atomic E-state index is 12.0. The molecular weight excluding hydrogens is 296 g/mol. The number of carbonyl (C=O) groups excluding carboxylic acids is 2. The van der Waals surface area contributed by atoms with E-state index in [0.29, 0.717) is 24.7 Å². The van der Waals surface area contributed by atoms with Crippen molar-refractivity contribution in [1.82, 2.24) is 10.2 Å². The second kappa shape index (κ2) is 7.35. The molecule has 1 aromatic rings. The first kappa shape index (κ1) is 15.6. The number of amides is 2. The predicted molar refractivity (Wildman–Crippen MR) is 84.6 cm³/mol. The fraction of sp³-hybridized carbons (Fsp3) is 0.529. The van der Waals surface area contributed by atoms with Crippen LogP contribution in [0.2, 0.25) is 0 Å². The molecule has 1 fully saturated rings. The van der Waals surface area contributed by atoms with E-state index in [-0.39, 0.29) is 24.8 Å². The molecule has 6 heteroatoms. The van der Waals surface area contributed by atoms with Crippen LogP contribution >= 0.6 is 0 Å². The fourth-order valence-electron chi connectivity index (χ4n) is 2.87. The first-order valence-corrected chi connectivity index (χ1v) is 8.15. The highest BCUT2D eigenvalue weighted by atomic mass is 16.6. The van der Waals surface area contributed by atoms with Crippen molar-refractivity contribution in [2.24, 2.45) is 0 Å². The van der Waals surface area contributed by atoms with Crippen LogP contribution in [0.25, 0.3) is 0 Å². The second-order valence-electron chi connectivity index (χ2n) is 5.87. The number of nitrogens with one attached hydrogen (secondary N) is 1. The number of ether oxygens (including phenoxy) is 2. The Hall–Kier alpha value is -2.24. The van der Waals surface area contributed by atoms with Gasteiger partial charge in [0.1, 0.15) is 13.2 Å². The summed E-state index contributed by atoms with van der Waals surface area (Å²) in [5.74, 6) is 1.22. The van der Waals surface area contributed by atoms with Crippen molar-refractivity contribution < 1.29 is 19.1 Å². The van der Waals surface area contributed by atoms with Crippen molar-refractivity contribution in [2.75, 3.05) is 32.8 Å². The Labute approximate surface area is 135 Å². The van der Waals surface area contributed by atoms with Gasteiger partial charge >= 0.3 is 0 Å². The predicted octanol–water partition coefficient (Wildman–Crippen LogP) is 1.13. The Morgan fingerprint density at radius 1 is 1.04 bits per heavy atom. The van der Waals surface area contributed by atoms with Crippen molar-refractivity contribution in [2.45, 2.75) is 25.7 Å². The zero-order chi connectivity index (χ0) is 16.1. The van der Waals surface area contributed by atoms with Gasteiger partial charge in [0.05, 0.1) is 13.0 Å². The third-order valence-electron chi connectivity index (χ3n) is 4.12. The van der Waals surface area contributed by atoms with Gasteiger partial charge in [0.2, 0.25) is 11.8 Å². The summed E-state index contributed by atoms with van der Waals surface area (Å²) in [5, 5.41) is 2.71. The molecule has 1 saturated heterocycles. The highest BCUT2D eigenvalue weighted by Crippen LogP contribution is 2.30. The Morgan fingerprint density at radius 2 is 1.78 bits per heavy atom. The van der Waals surface area contributed by atoms with Gasteiger partial charge in [-0.15, -0.1) is 0 Å². The number of fused-ring (bicyclic) bond motifs is 1. The number of benzene rings is 1. The summed E-state index contributed by atoms with van der Waals surface area (Å²) in [7, 11) is 0. The normalized spacial score (nSPS) is 16.8. The Kier molecular flexibility index (Phi) is 5.00. The summed E-state index contributed by atoms with van der Waals surface area (Å²) in [6.07, 6.45) is 3.51. The molecule has 0 saturated carbocycles. The van der Waals surface area contributed by atoms with Crippen molar-refractivity contribution >= 4 is 11.8 Å². The number of hydrogen-bond donors (Lipinski definition) is 1. The number of carbonyl (C=O) groups is 2. The summed E-state index contributed by atoms with van der Waals surface area (Å²) < 4.78 is 11.0. The Bertz CT molecular complexity index is 582. The van der Waals surface area contributed by atoms with Gasteiger partial charge in [-0.3, -0.25) is 9.59 Å². The van der Waals surface area contributed by atoms with Gasteiger partial charge in [0.25, 0.3) is 0 Å². The average molecular weight is 318 g/mol. The Balaban J connectivity index is 1.48. The summed E-state index contributed by atoms with van der Waals surface area (Å²) in [6, 6.07) is 5.48. The van der Waals surface area contributed by atoms with E-state index in [2.05, 4.69) is 5.32 Å². The molecule has 1 aromatic carbocycles. The quantitative estimate of drug-likeness (QED) is 0.904. The number of hydrogen-bond acceptors (Lipinski definition) is 4. The largest absolute Gasteiger partial charge is 0.486 e. The van der Waals surface area contributed by atoms with Gasteiger partial charge in [-0.1, -0.05) is 6.07 Å².